The van der Waals surface area contributed by atoms with Crippen molar-refractivity contribution >= 4 is 11.3 Å². The first kappa shape index (κ1) is 19.2. The van der Waals surface area contributed by atoms with E-state index in [1.807, 2.05) is 48.7 Å². The third-order valence-electron chi connectivity index (χ3n) is 3.95. The van der Waals surface area contributed by atoms with E-state index in [0.717, 1.165) is 22.6 Å². The molecule has 2 aromatic heterocycles. The number of hydrogen-bond donors (Lipinski definition) is 1. The number of hydrogen-bond acceptors (Lipinski definition) is 6. The minimum Gasteiger partial charge on any atom is -0.493 e. The Morgan fingerprint density at radius 2 is 1.96 bits per heavy atom. The zero-order valence-electron chi connectivity index (χ0n) is 15.6. The molecule has 0 aliphatic heterocycles. The maximum absolute atomic E-state index is 5.88. The van der Waals surface area contributed by atoms with Gasteiger partial charge in [0.1, 0.15) is 6.61 Å². The minimum absolute atomic E-state index is 0.548. The van der Waals surface area contributed by atoms with Gasteiger partial charge < -0.3 is 19.5 Å². The van der Waals surface area contributed by atoms with E-state index in [1.54, 1.807) is 24.6 Å². The summed E-state index contributed by atoms with van der Waals surface area (Å²) in [4.78, 5) is 5.46. The number of methoxy groups -OCH3 is 1. The Bertz CT molecular complexity index is 837. The number of aromatic nitrogens is 1. The first-order chi connectivity index (χ1) is 13.3. The zero-order chi connectivity index (χ0) is 18.9. The lowest BCUT2D eigenvalue weighted by atomic mass is 10.2. The highest BCUT2D eigenvalue weighted by Gasteiger charge is 2.08. The molecule has 0 atom stereocenters. The van der Waals surface area contributed by atoms with Gasteiger partial charge in [0.05, 0.1) is 13.7 Å². The predicted octanol–water partition coefficient (Wildman–Crippen LogP) is 4.42. The molecule has 0 aliphatic rings. The van der Waals surface area contributed by atoms with Crippen molar-refractivity contribution in [3.63, 3.8) is 0 Å². The summed E-state index contributed by atoms with van der Waals surface area (Å²) >= 11 is 1.68. The first-order valence-corrected chi connectivity index (χ1v) is 9.77. The maximum atomic E-state index is 5.88. The summed E-state index contributed by atoms with van der Waals surface area (Å²) in [5, 5.41) is 5.47. The average molecular weight is 385 g/mol. The van der Waals surface area contributed by atoms with Gasteiger partial charge in [0.2, 0.25) is 5.88 Å². The van der Waals surface area contributed by atoms with E-state index in [0.29, 0.717) is 32.2 Å². The molecule has 0 bridgehead atoms. The molecule has 27 heavy (non-hydrogen) atoms. The van der Waals surface area contributed by atoms with Crippen LogP contribution in [-0.2, 0) is 19.7 Å². The number of nitrogens with one attached hydrogen (secondary N) is 1. The molecule has 3 rings (SSSR count). The van der Waals surface area contributed by atoms with Crippen LogP contribution in [0.3, 0.4) is 0 Å². The molecule has 0 amide bonds. The molecular weight excluding hydrogens is 360 g/mol. The number of benzene rings is 1. The van der Waals surface area contributed by atoms with E-state index in [2.05, 4.69) is 16.4 Å². The minimum atomic E-state index is 0.548. The third kappa shape index (κ3) is 5.45. The van der Waals surface area contributed by atoms with E-state index in [-0.39, 0.29) is 0 Å². The fourth-order valence-electron chi connectivity index (χ4n) is 2.65. The number of thiophene rings is 1. The Labute approximate surface area is 163 Å². The van der Waals surface area contributed by atoms with Crippen LogP contribution >= 0.6 is 11.3 Å². The molecule has 3 aromatic rings. The molecule has 5 nitrogen and oxygen atoms in total. The monoisotopic (exact) mass is 384 g/mol. The highest BCUT2D eigenvalue weighted by molar-refractivity contribution is 7.09. The Morgan fingerprint density at radius 3 is 2.74 bits per heavy atom. The average Bonchev–Trinajstić information content (AvgIpc) is 3.22. The largest absolute Gasteiger partial charge is 0.493 e. The second kappa shape index (κ2) is 9.94. The van der Waals surface area contributed by atoms with Crippen molar-refractivity contribution in [3.05, 3.63) is 70.0 Å². The normalized spacial score (nSPS) is 10.6. The van der Waals surface area contributed by atoms with E-state index in [9.17, 15) is 0 Å². The fraction of sp³-hybridized carbons (Fsp3) is 0.286. The van der Waals surface area contributed by atoms with E-state index >= 15 is 0 Å². The summed E-state index contributed by atoms with van der Waals surface area (Å²) in [6.07, 6.45) is 1.74. The predicted molar refractivity (Wildman–Crippen MR) is 108 cm³/mol. The van der Waals surface area contributed by atoms with E-state index < -0.39 is 0 Å². The molecular formula is C21H24N2O3S. The van der Waals surface area contributed by atoms with Gasteiger partial charge in [-0.1, -0.05) is 18.2 Å². The molecule has 0 unspecified atom stereocenters. The van der Waals surface area contributed by atoms with Gasteiger partial charge in [-0.25, -0.2) is 4.98 Å². The number of nitrogens with zero attached hydrogens (tertiary/aromatic N) is 1. The topological polar surface area (TPSA) is 52.6 Å². The van der Waals surface area contributed by atoms with Crippen LogP contribution in [-0.4, -0.2) is 18.7 Å². The first-order valence-electron chi connectivity index (χ1n) is 8.89. The van der Waals surface area contributed by atoms with Crippen LogP contribution in [0.5, 0.6) is 17.4 Å². The lowest BCUT2D eigenvalue weighted by molar-refractivity contribution is 0.287. The number of pyridine rings is 1. The number of ether oxygens (including phenoxy) is 3. The van der Waals surface area contributed by atoms with Crippen molar-refractivity contribution in [2.24, 2.45) is 0 Å². The molecule has 0 spiro atoms. The molecule has 0 saturated carbocycles. The van der Waals surface area contributed by atoms with Gasteiger partial charge in [-0.2, -0.15) is 0 Å². The molecule has 142 valence electrons. The SMILES string of the molecule is CCOc1ncccc1CNCc1ccc(OCc2cccs2)c(OC)c1. The molecule has 2 heterocycles. The summed E-state index contributed by atoms with van der Waals surface area (Å²) in [7, 11) is 1.66. The van der Waals surface area contributed by atoms with Crippen LogP contribution < -0.4 is 19.5 Å². The highest BCUT2D eigenvalue weighted by Crippen LogP contribution is 2.29. The Kier molecular flexibility index (Phi) is 7.07. The zero-order valence-corrected chi connectivity index (χ0v) is 16.4. The smallest absolute Gasteiger partial charge is 0.217 e. The number of rotatable bonds is 10. The summed E-state index contributed by atoms with van der Waals surface area (Å²) in [6, 6.07) is 14.0. The van der Waals surface area contributed by atoms with Gasteiger partial charge in [-0.3, -0.25) is 0 Å². The Hall–Kier alpha value is -2.57. The molecule has 6 heteroatoms. The molecule has 0 fully saturated rings. The Morgan fingerprint density at radius 1 is 1.04 bits per heavy atom. The third-order valence-corrected chi connectivity index (χ3v) is 4.80. The molecule has 0 saturated heterocycles. The van der Waals surface area contributed by atoms with Crippen LogP contribution in [0.1, 0.15) is 22.9 Å². The highest BCUT2D eigenvalue weighted by atomic mass is 32.1. The molecule has 1 N–H and O–H groups in total. The van der Waals surface area contributed by atoms with Gasteiger partial charge in [0.25, 0.3) is 0 Å². The van der Waals surface area contributed by atoms with Gasteiger partial charge in [0, 0.05) is 29.7 Å². The van der Waals surface area contributed by atoms with Crippen LogP contribution in [0.4, 0.5) is 0 Å². The Balaban J connectivity index is 1.57. The second-order valence-electron chi connectivity index (χ2n) is 5.86. The summed E-state index contributed by atoms with van der Waals surface area (Å²) in [5.74, 6) is 2.17. The standard InChI is InChI=1S/C21H24N2O3S/c1-3-25-21-17(6-4-10-23-21)14-22-13-16-8-9-19(20(12-16)24-2)26-15-18-7-5-11-27-18/h4-12,22H,3,13-15H2,1-2H3. The van der Waals surface area contributed by atoms with Gasteiger partial charge in [-0.05, 0) is 42.1 Å². The van der Waals surface area contributed by atoms with Gasteiger partial charge >= 0.3 is 0 Å². The van der Waals surface area contributed by atoms with Crippen molar-refractivity contribution < 1.29 is 14.2 Å². The van der Waals surface area contributed by atoms with E-state index in [1.165, 1.54) is 4.88 Å². The van der Waals surface area contributed by atoms with Crippen LogP contribution in [0, 0.1) is 0 Å². The quantitative estimate of drug-likeness (QED) is 0.561. The van der Waals surface area contributed by atoms with E-state index in [4.69, 9.17) is 14.2 Å². The summed E-state index contributed by atoms with van der Waals surface area (Å²) < 4.78 is 16.9. The maximum Gasteiger partial charge on any atom is 0.217 e. The second-order valence-corrected chi connectivity index (χ2v) is 6.89. The van der Waals surface area contributed by atoms with Crippen molar-refractivity contribution in [1.82, 2.24) is 10.3 Å². The summed E-state index contributed by atoms with van der Waals surface area (Å²) in [6.45, 7) is 4.51. The van der Waals surface area contributed by atoms with Crippen molar-refractivity contribution in [1.29, 1.82) is 0 Å². The molecule has 0 radical (unpaired) electrons. The van der Waals surface area contributed by atoms with Crippen LogP contribution in [0.2, 0.25) is 0 Å². The van der Waals surface area contributed by atoms with Crippen molar-refractivity contribution in [2.45, 2.75) is 26.6 Å². The lowest BCUT2D eigenvalue weighted by Gasteiger charge is -2.13. The lowest BCUT2D eigenvalue weighted by Crippen LogP contribution is -2.14. The van der Waals surface area contributed by atoms with Crippen LogP contribution in [0.25, 0.3) is 0 Å². The van der Waals surface area contributed by atoms with Gasteiger partial charge in [0.15, 0.2) is 11.5 Å². The van der Waals surface area contributed by atoms with Crippen molar-refractivity contribution in [3.8, 4) is 17.4 Å². The molecule has 1 aromatic carbocycles. The van der Waals surface area contributed by atoms with Gasteiger partial charge in [-0.15, -0.1) is 11.3 Å². The van der Waals surface area contributed by atoms with Crippen LogP contribution in [0.15, 0.2) is 54.0 Å². The molecule has 0 aliphatic carbocycles. The fourth-order valence-corrected chi connectivity index (χ4v) is 3.27. The summed E-state index contributed by atoms with van der Waals surface area (Å²) in [5.41, 5.74) is 2.17. The van der Waals surface area contributed by atoms with Crippen molar-refractivity contribution in [2.75, 3.05) is 13.7 Å².